The standard InChI is InChI=1S/C16H20N4O2/c1-11-3-4-12-13(7-11)19-14(18-12)8-20-6-2-5-16(10-20)9-17-15(21)22-16/h3-4,7H,2,5-6,8-10H2,1H3,(H,17,21)(H,18,19). The molecule has 1 spiro atoms. The number of hydrogen-bond donors (Lipinski definition) is 2. The maximum absolute atomic E-state index is 11.4. The van der Waals surface area contributed by atoms with Gasteiger partial charge in [0.25, 0.3) is 0 Å². The van der Waals surface area contributed by atoms with E-state index in [1.54, 1.807) is 0 Å². The van der Waals surface area contributed by atoms with Crippen LogP contribution < -0.4 is 5.32 Å². The van der Waals surface area contributed by atoms with Gasteiger partial charge in [0.05, 0.1) is 24.1 Å². The number of amides is 1. The lowest BCUT2D eigenvalue weighted by Gasteiger charge is -2.37. The highest BCUT2D eigenvalue weighted by Gasteiger charge is 2.43. The number of nitrogens with zero attached hydrogens (tertiary/aromatic N) is 2. The Morgan fingerprint density at radius 1 is 1.45 bits per heavy atom. The minimum Gasteiger partial charge on any atom is -0.440 e. The third-order valence-electron chi connectivity index (χ3n) is 4.54. The predicted molar refractivity (Wildman–Crippen MR) is 82.6 cm³/mol. The molecule has 2 fully saturated rings. The molecule has 1 atom stereocenters. The Bertz CT molecular complexity index is 726. The Kier molecular flexibility index (Phi) is 3.07. The molecule has 2 aliphatic heterocycles. The van der Waals surface area contributed by atoms with Crippen molar-refractivity contribution in [3.8, 4) is 0 Å². The molecule has 0 bridgehead atoms. The molecule has 1 aromatic carbocycles. The molecule has 1 aromatic heterocycles. The molecule has 1 amide bonds. The van der Waals surface area contributed by atoms with Gasteiger partial charge in [-0.1, -0.05) is 6.07 Å². The van der Waals surface area contributed by atoms with E-state index in [4.69, 9.17) is 4.74 Å². The number of aryl methyl sites for hydroxylation is 1. The summed E-state index contributed by atoms with van der Waals surface area (Å²) >= 11 is 0. The van der Waals surface area contributed by atoms with Crippen molar-refractivity contribution in [1.82, 2.24) is 20.2 Å². The van der Waals surface area contributed by atoms with Crippen LogP contribution in [0.1, 0.15) is 24.2 Å². The Balaban J connectivity index is 1.51. The molecule has 4 rings (SSSR count). The smallest absolute Gasteiger partial charge is 0.407 e. The molecule has 0 aliphatic carbocycles. The number of aromatic amines is 1. The van der Waals surface area contributed by atoms with E-state index in [2.05, 4.69) is 39.2 Å². The Hall–Kier alpha value is -2.08. The van der Waals surface area contributed by atoms with Crippen LogP contribution in [0.3, 0.4) is 0 Å². The quantitative estimate of drug-likeness (QED) is 0.889. The van der Waals surface area contributed by atoms with Gasteiger partial charge in [0.1, 0.15) is 11.4 Å². The number of H-pyrrole nitrogens is 1. The molecule has 6 heteroatoms. The summed E-state index contributed by atoms with van der Waals surface area (Å²) in [5.74, 6) is 0.968. The van der Waals surface area contributed by atoms with E-state index in [-0.39, 0.29) is 11.7 Å². The number of ether oxygens (including phenoxy) is 1. The molecule has 22 heavy (non-hydrogen) atoms. The number of imidazole rings is 1. The van der Waals surface area contributed by atoms with E-state index in [0.29, 0.717) is 6.54 Å². The number of benzene rings is 1. The summed E-state index contributed by atoms with van der Waals surface area (Å²) in [7, 11) is 0. The van der Waals surface area contributed by atoms with Crippen molar-refractivity contribution in [2.75, 3.05) is 19.6 Å². The molecule has 116 valence electrons. The van der Waals surface area contributed by atoms with Crippen LogP contribution in [0, 0.1) is 6.92 Å². The van der Waals surface area contributed by atoms with Gasteiger partial charge in [-0.05, 0) is 44.0 Å². The largest absolute Gasteiger partial charge is 0.440 e. The molecule has 6 nitrogen and oxygen atoms in total. The van der Waals surface area contributed by atoms with Gasteiger partial charge in [0.15, 0.2) is 0 Å². The maximum atomic E-state index is 11.4. The maximum Gasteiger partial charge on any atom is 0.407 e. The van der Waals surface area contributed by atoms with E-state index in [9.17, 15) is 4.79 Å². The Labute approximate surface area is 128 Å². The van der Waals surface area contributed by atoms with Crippen molar-refractivity contribution in [3.05, 3.63) is 29.6 Å². The molecule has 2 aliphatic rings. The first kappa shape index (κ1) is 13.6. The van der Waals surface area contributed by atoms with E-state index in [1.807, 2.05) is 6.07 Å². The van der Waals surface area contributed by atoms with E-state index in [0.717, 1.165) is 49.3 Å². The zero-order valence-corrected chi connectivity index (χ0v) is 12.7. The molecule has 3 heterocycles. The molecule has 2 aromatic rings. The van der Waals surface area contributed by atoms with Crippen molar-refractivity contribution in [1.29, 1.82) is 0 Å². The first-order valence-corrected chi connectivity index (χ1v) is 7.76. The van der Waals surface area contributed by atoms with E-state index in [1.165, 1.54) is 5.56 Å². The molecular formula is C16H20N4O2. The lowest BCUT2D eigenvalue weighted by atomic mass is 9.93. The number of fused-ring (bicyclic) bond motifs is 1. The Morgan fingerprint density at radius 2 is 2.36 bits per heavy atom. The summed E-state index contributed by atoms with van der Waals surface area (Å²) in [6.45, 7) is 5.22. The van der Waals surface area contributed by atoms with Gasteiger partial charge in [-0.15, -0.1) is 0 Å². The van der Waals surface area contributed by atoms with Crippen LogP contribution in [0.5, 0.6) is 0 Å². The number of nitrogens with one attached hydrogen (secondary N) is 2. The number of aromatic nitrogens is 2. The molecule has 0 saturated carbocycles. The van der Waals surface area contributed by atoms with Crippen LogP contribution >= 0.6 is 0 Å². The summed E-state index contributed by atoms with van der Waals surface area (Å²) in [6, 6.07) is 6.24. The van der Waals surface area contributed by atoms with Gasteiger partial charge < -0.3 is 15.0 Å². The summed E-state index contributed by atoms with van der Waals surface area (Å²) in [4.78, 5) is 21.7. The van der Waals surface area contributed by atoms with Gasteiger partial charge in [0.2, 0.25) is 0 Å². The Morgan fingerprint density at radius 3 is 3.18 bits per heavy atom. The number of piperidine rings is 1. The molecule has 1 unspecified atom stereocenters. The second-order valence-electron chi connectivity index (χ2n) is 6.44. The number of alkyl carbamates (subject to hydrolysis) is 1. The van der Waals surface area contributed by atoms with Crippen molar-refractivity contribution >= 4 is 17.1 Å². The fourth-order valence-electron chi connectivity index (χ4n) is 3.52. The summed E-state index contributed by atoms with van der Waals surface area (Å²) in [5, 5.41) is 2.78. The van der Waals surface area contributed by atoms with E-state index < -0.39 is 0 Å². The SMILES string of the molecule is Cc1ccc2nc(CN3CCCC4(CNC(=O)O4)C3)[nH]c2c1. The van der Waals surface area contributed by atoms with Gasteiger partial charge in [-0.2, -0.15) is 0 Å². The third-order valence-corrected chi connectivity index (χ3v) is 4.54. The van der Waals surface area contributed by atoms with Gasteiger partial charge >= 0.3 is 6.09 Å². The van der Waals surface area contributed by atoms with Crippen LogP contribution in [0.2, 0.25) is 0 Å². The summed E-state index contributed by atoms with van der Waals surface area (Å²) in [6.07, 6.45) is 1.68. The van der Waals surface area contributed by atoms with E-state index >= 15 is 0 Å². The lowest BCUT2D eigenvalue weighted by molar-refractivity contribution is -0.0117. The minimum atomic E-state index is -0.349. The highest BCUT2D eigenvalue weighted by atomic mass is 16.6. The second kappa shape index (κ2) is 4.98. The second-order valence-corrected chi connectivity index (χ2v) is 6.44. The van der Waals surface area contributed by atoms with Gasteiger partial charge in [0, 0.05) is 6.54 Å². The first-order valence-electron chi connectivity index (χ1n) is 7.76. The van der Waals surface area contributed by atoms with Crippen LogP contribution in [-0.4, -0.2) is 46.2 Å². The van der Waals surface area contributed by atoms with Crippen molar-refractivity contribution in [3.63, 3.8) is 0 Å². The van der Waals surface area contributed by atoms with Crippen molar-refractivity contribution in [2.24, 2.45) is 0 Å². The van der Waals surface area contributed by atoms with Crippen LogP contribution in [0.25, 0.3) is 11.0 Å². The average molecular weight is 300 g/mol. The third kappa shape index (κ3) is 2.43. The fourth-order valence-corrected chi connectivity index (χ4v) is 3.52. The van der Waals surface area contributed by atoms with Crippen molar-refractivity contribution < 1.29 is 9.53 Å². The minimum absolute atomic E-state index is 0.291. The monoisotopic (exact) mass is 300 g/mol. The number of likely N-dealkylation sites (tertiary alicyclic amines) is 1. The van der Waals surface area contributed by atoms with Crippen molar-refractivity contribution in [2.45, 2.75) is 31.9 Å². The fraction of sp³-hybridized carbons (Fsp3) is 0.500. The number of carbonyl (C=O) groups is 1. The zero-order valence-electron chi connectivity index (χ0n) is 12.7. The molecule has 2 N–H and O–H groups in total. The highest BCUT2D eigenvalue weighted by Crippen LogP contribution is 2.28. The molecular weight excluding hydrogens is 280 g/mol. The first-order chi connectivity index (χ1) is 10.6. The average Bonchev–Trinajstić information content (AvgIpc) is 3.02. The normalized spacial score (nSPS) is 25.6. The highest BCUT2D eigenvalue weighted by molar-refractivity contribution is 5.75. The summed E-state index contributed by atoms with van der Waals surface area (Å²) < 4.78 is 5.51. The number of hydrogen-bond acceptors (Lipinski definition) is 4. The van der Waals surface area contributed by atoms with Gasteiger partial charge in [-0.25, -0.2) is 9.78 Å². The lowest BCUT2D eigenvalue weighted by Crippen LogP contribution is -2.50. The van der Waals surface area contributed by atoms with Crippen LogP contribution in [-0.2, 0) is 11.3 Å². The number of carbonyl (C=O) groups excluding carboxylic acids is 1. The zero-order chi connectivity index (χ0) is 15.2. The molecule has 2 saturated heterocycles. The van der Waals surface area contributed by atoms with Crippen LogP contribution in [0.4, 0.5) is 4.79 Å². The predicted octanol–water partition coefficient (Wildman–Crippen LogP) is 1.95. The van der Waals surface area contributed by atoms with Gasteiger partial charge in [-0.3, -0.25) is 4.90 Å². The summed E-state index contributed by atoms with van der Waals surface area (Å²) in [5.41, 5.74) is 2.96. The topological polar surface area (TPSA) is 70.2 Å². The van der Waals surface area contributed by atoms with Crippen LogP contribution in [0.15, 0.2) is 18.2 Å². The molecule has 0 radical (unpaired) electrons. The number of rotatable bonds is 2.